The second-order valence-corrected chi connectivity index (χ2v) is 4.50. The molecular formula is C14H26O5. The standard InChI is InChI=1S/C14H26O5/c1-7-10(15-4)12(17-6)13-11(16-5)9(3)14(19-13)18-8-2/h10-14H,3,7-8H2,1-2,4-6H3. The molecule has 1 aliphatic rings. The summed E-state index contributed by atoms with van der Waals surface area (Å²) in [4.78, 5) is 0. The van der Waals surface area contributed by atoms with Crippen molar-refractivity contribution in [3.05, 3.63) is 12.2 Å². The van der Waals surface area contributed by atoms with Crippen LogP contribution in [0.3, 0.4) is 0 Å². The second-order valence-electron chi connectivity index (χ2n) is 4.50. The quantitative estimate of drug-likeness (QED) is 0.631. The molecule has 19 heavy (non-hydrogen) atoms. The summed E-state index contributed by atoms with van der Waals surface area (Å²) in [5.41, 5.74) is 0.794. The highest BCUT2D eigenvalue weighted by atomic mass is 16.7. The average Bonchev–Trinajstić information content (AvgIpc) is 2.72. The van der Waals surface area contributed by atoms with E-state index in [1.54, 1.807) is 21.3 Å². The lowest BCUT2D eigenvalue weighted by Crippen LogP contribution is -2.45. The highest BCUT2D eigenvalue weighted by Gasteiger charge is 2.46. The molecule has 1 saturated heterocycles. The minimum Gasteiger partial charge on any atom is -0.379 e. The predicted molar refractivity (Wildman–Crippen MR) is 72.1 cm³/mol. The fourth-order valence-corrected chi connectivity index (χ4v) is 2.51. The molecule has 0 N–H and O–H groups in total. The SMILES string of the molecule is C=C1C(OCC)OC(C(OC)C(CC)OC)C1OC. The zero-order valence-corrected chi connectivity index (χ0v) is 12.5. The van der Waals surface area contributed by atoms with Crippen LogP contribution in [0.2, 0.25) is 0 Å². The highest BCUT2D eigenvalue weighted by molar-refractivity contribution is 5.16. The van der Waals surface area contributed by atoms with Crippen molar-refractivity contribution in [3.63, 3.8) is 0 Å². The van der Waals surface area contributed by atoms with Crippen molar-refractivity contribution in [1.82, 2.24) is 0 Å². The number of methoxy groups -OCH3 is 3. The summed E-state index contributed by atoms with van der Waals surface area (Å²) in [5.74, 6) is 0. The minimum absolute atomic E-state index is 0.0548. The van der Waals surface area contributed by atoms with Gasteiger partial charge in [-0.3, -0.25) is 0 Å². The van der Waals surface area contributed by atoms with Gasteiger partial charge in [-0.25, -0.2) is 0 Å². The normalized spacial score (nSPS) is 30.6. The molecular weight excluding hydrogens is 248 g/mol. The van der Waals surface area contributed by atoms with Gasteiger partial charge < -0.3 is 23.7 Å². The number of rotatable bonds is 8. The fourth-order valence-electron chi connectivity index (χ4n) is 2.51. The maximum absolute atomic E-state index is 5.90. The highest BCUT2D eigenvalue weighted by Crippen LogP contribution is 2.32. The van der Waals surface area contributed by atoms with Crippen LogP contribution in [0.1, 0.15) is 20.3 Å². The molecule has 0 amide bonds. The van der Waals surface area contributed by atoms with Crippen LogP contribution in [0, 0.1) is 0 Å². The smallest absolute Gasteiger partial charge is 0.182 e. The molecule has 0 aliphatic carbocycles. The maximum atomic E-state index is 5.90. The van der Waals surface area contributed by atoms with Crippen molar-refractivity contribution in [3.8, 4) is 0 Å². The number of ether oxygens (including phenoxy) is 5. The lowest BCUT2D eigenvalue weighted by molar-refractivity contribution is -0.179. The molecule has 0 bridgehead atoms. The third-order valence-corrected chi connectivity index (χ3v) is 3.49. The minimum atomic E-state index is -0.438. The van der Waals surface area contributed by atoms with Crippen molar-refractivity contribution in [2.75, 3.05) is 27.9 Å². The van der Waals surface area contributed by atoms with Crippen LogP contribution < -0.4 is 0 Å². The maximum Gasteiger partial charge on any atom is 0.182 e. The Kier molecular flexibility index (Phi) is 6.96. The van der Waals surface area contributed by atoms with E-state index in [2.05, 4.69) is 6.58 Å². The summed E-state index contributed by atoms with van der Waals surface area (Å²) >= 11 is 0. The molecule has 0 radical (unpaired) electrons. The monoisotopic (exact) mass is 274 g/mol. The van der Waals surface area contributed by atoms with Crippen molar-refractivity contribution in [2.24, 2.45) is 0 Å². The van der Waals surface area contributed by atoms with E-state index >= 15 is 0 Å². The molecule has 0 aromatic rings. The van der Waals surface area contributed by atoms with E-state index in [-0.39, 0.29) is 24.4 Å². The van der Waals surface area contributed by atoms with E-state index in [4.69, 9.17) is 23.7 Å². The second kappa shape index (κ2) is 7.97. The Morgan fingerprint density at radius 2 is 1.89 bits per heavy atom. The fraction of sp³-hybridized carbons (Fsp3) is 0.857. The Balaban J connectivity index is 2.86. The molecule has 5 nitrogen and oxygen atoms in total. The van der Waals surface area contributed by atoms with E-state index in [1.165, 1.54) is 0 Å². The third kappa shape index (κ3) is 3.55. The first kappa shape index (κ1) is 16.6. The van der Waals surface area contributed by atoms with Crippen LogP contribution in [0.4, 0.5) is 0 Å². The van der Waals surface area contributed by atoms with E-state index in [0.717, 1.165) is 12.0 Å². The molecule has 1 aliphatic heterocycles. The largest absolute Gasteiger partial charge is 0.379 e. The average molecular weight is 274 g/mol. The van der Waals surface area contributed by atoms with Crippen molar-refractivity contribution >= 4 is 0 Å². The van der Waals surface area contributed by atoms with E-state index < -0.39 is 6.29 Å². The van der Waals surface area contributed by atoms with E-state index in [1.807, 2.05) is 13.8 Å². The van der Waals surface area contributed by atoms with Gasteiger partial charge in [0.05, 0.1) is 6.10 Å². The van der Waals surface area contributed by atoms with Gasteiger partial charge >= 0.3 is 0 Å². The summed E-state index contributed by atoms with van der Waals surface area (Å²) in [6.45, 7) is 8.54. The van der Waals surface area contributed by atoms with Crippen LogP contribution in [0.5, 0.6) is 0 Å². The molecule has 1 fully saturated rings. The van der Waals surface area contributed by atoms with E-state index in [9.17, 15) is 0 Å². The molecule has 112 valence electrons. The molecule has 0 saturated carbocycles. The molecule has 0 spiro atoms. The summed E-state index contributed by atoms with van der Waals surface area (Å²) in [6, 6.07) is 0. The Hall–Kier alpha value is -0.460. The predicted octanol–water partition coefficient (Wildman–Crippen LogP) is 1.76. The van der Waals surface area contributed by atoms with E-state index in [0.29, 0.717) is 6.61 Å². The summed E-state index contributed by atoms with van der Waals surface area (Å²) in [5, 5.41) is 0. The lowest BCUT2D eigenvalue weighted by Gasteiger charge is -2.30. The summed E-state index contributed by atoms with van der Waals surface area (Å²) < 4.78 is 27.9. The first-order valence-electron chi connectivity index (χ1n) is 6.68. The molecule has 5 unspecified atom stereocenters. The molecule has 5 heteroatoms. The van der Waals surface area contributed by atoms with Crippen LogP contribution in [-0.4, -0.2) is 58.6 Å². The first-order valence-corrected chi connectivity index (χ1v) is 6.68. The molecule has 1 rings (SSSR count). The van der Waals surface area contributed by atoms with Crippen LogP contribution >= 0.6 is 0 Å². The summed E-state index contributed by atoms with van der Waals surface area (Å²) in [6.07, 6.45) is -0.401. The Morgan fingerprint density at radius 1 is 1.21 bits per heavy atom. The van der Waals surface area contributed by atoms with Gasteiger partial charge in [0.15, 0.2) is 6.29 Å². The Bertz CT molecular complexity index is 277. The first-order chi connectivity index (χ1) is 9.14. The van der Waals surface area contributed by atoms with Crippen molar-refractivity contribution in [1.29, 1.82) is 0 Å². The number of hydrogen-bond acceptors (Lipinski definition) is 5. The van der Waals surface area contributed by atoms with Crippen LogP contribution in [0.25, 0.3) is 0 Å². The van der Waals surface area contributed by atoms with Gasteiger partial charge in [0, 0.05) is 33.5 Å². The number of hydrogen-bond donors (Lipinski definition) is 0. The molecule has 0 aromatic carbocycles. The Morgan fingerprint density at radius 3 is 2.32 bits per heavy atom. The van der Waals surface area contributed by atoms with Crippen molar-refractivity contribution < 1.29 is 23.7 Å². The van der Waals surface area contributed by atoms with Gasteiger partial charge in [0.1, 0.15) is 18.3 Å². The van der Waals surface area contributed by atoms with Gasteiger partial charge in [-0.05, 0) is 13.3 Å². The van der Waals surface area contributed by atoms with Gasteiger partial charge in [0.25, 0.3) is 0 Å². The molecule has 0 aromatic heterocycles. The van der Waals surface area contributed by atoms with Crippen LogP contribution in [0.15, 0.2) is 12.2 Å². The van der Waals surface area contributed by atoms with Crippen molar-refractivity contribution in [2.45, 2.75) is 51.0 Å². The lowest BCUT2D eigenvalue weighted by atomic mass is 9.99. The Labute approximate surface area is 115 Å². The zero-order chi connectivity index (χ0) is 14.4. The van der Waals surface area contributed by atoms with Gasteiger partial charge in [0.2, 0.25) is 0 Å². The topological polar surface area (TPSA) is 46.2 Å². The molecule has 1 heterocycles. The van der Waals surface area contributed by atoms with Gasteiger partial charge in [-0.15, -0.1) is 0 Å². The summed E-state index contributed by atoms with van der Waals surface area (Å²) in [7, 11) is 4.96. The third-order valence-electron chi connectivity index (χ3n) is 3.49. The van der Waals surface area contributed by atoms with Gasteiger partial charge in [-0.1, -0.05) is 13.5 Å². The molecule has 5 atom stereocenters. The van der Waals surface area contributed by atoms with Gasteiger partial charge in [-0.2, -0.15) is 0 Å². The zero-order valence-electron chi connectivity index (χ0n) is 12.5. The van der Waals surface area contributed by atoms with Crippen LogP contribution in [-0.2, 0) is 23.7 Å².